The molecule has 0 unspecified atom stereocenters. The summed E-state index contributed by atoms with van der Waals surface area (Å²) >= 11 is 0. The van der Waals surface area contributed by atoms with Crippen LogP contribution < -0.4 is 9.04 Å². The van der Waals surface area contributed by atoms with Crippen LogP contribution >= 0.6 is 0 Å². The molecule has 0 spiro atoms. The Bertz CT molecular complexity index is 697. The van der Waals surface area contributed by atoms with E-state index in [1.165, 1.54) is 17.5 Å². The lowest BCUT2D eigenvalue weighted by atomic mass is 10.1. The van der Waals surface area contributed by atoms with Gasteiger partial charge in [-0.25, -0.2) is 8.42 Å². The smallest absolute Gasteiger partial charge is 0.232 e. The number of aromatic nitrogens is 1. The van der Waals surface area contributed by atoms with Crippen molar-refractivity contribution in [1.29, 1.82) is 0 Å². The molecule has 5 nitrogen and oxygen atoms in total. The van der Waals surface area contributed by atoms with Crippen molar-refractivity contribution in [3.8, 4) is 16.9 Å². The first kappa shape index (κ1) is 14.3. The number of sulfonamides is 1. The molecule has 0 amide bonds. The van der Waals surface area contributed by atoms with Crippen LogP contribution in [0.2, 0.25) is 0 Å². The highest BCUT2D eigenvalue weighted by Crippen LogP contribution is 2.25. The molecule has 0 N–H and O–H groups in total. The maximum atomic E-state index is 11.5. The highest BCUT2D eigenvalue weighted by atomic mass is 32.2. The molecule has 2 rings (SSSR count). The van der Waals surface area contributed by atoms with Gasteiger partial charge in [-0.15, -0.1) is 0 Å². The van der Waals surface area contributed by atoms with Crippen LogP contribution in [0.1, 0.15) is 0 Å². The SMILES string of the molecule is COc1ccc(-c2cncc(N(C)S(C)(=O)=O)c2)cc1. The molecule has 106 valence electrons. The molecule has 0 saturated carbocycles. The van der Waals surface area contributed by atoms with Gasteiger partial charge in [-0.1, -0.05) is 12.1 Å². The Morgan fingerprint density at radius 3 is 2.30 bits per heavy atom. The third kappa shape index (κ3) is 3.08. The van der Waals surface area contributed by atoms with Crippen molar-refractivity contribution in [3.05, 3.63) is 42.7 Å². The third-order valence-electron chi connectivity index (χ3n) is 3.01. The summed E-state index contributed by atoms with van der Waals surface area (Å²) in [5, 5.41) is 0. The van der Waals surface area contributed by atoms with Crippen LogP contribution in [-0.2, 0) is 10.0 Å². The fourth-order valence-electron chi connectivity index (χ4n) is 1.73. The highest BCUT2D eigenvalue weighted by molar-refractivity contribution is 7.92. The molecule has 1 aromatic carbocycles. The van der Waals surface area contributed by atoms with Gasteiger partial charge in [0.2, 0.25) is 10.0 Å². The van der Waals surface area contributed by atoms with Crippen LogP contribution in [0.5, 0.6) is 5.75 Å². The first-order valence-electron chi connectivity index (χ1n) is 5.95. The van der Waals surface area contributed by atoms with E-state index in [4.69, 9.17) is 4.74 Å². The van der Waals surface area contributed by atoms with Gasteiger partial charge >= 0.3 is 0 Å². The number of benzene rings is 1. The molecule has 1 aromatic heterocycles. The zero-order valence-electron chi connectivity index (χ0n) is 11.6. The predicted octanol–water partition coefficient (Wildman–Crippen LogP) is 2.15. The zero-order valence-corrected chi connectivity index (χ0v) is 12.4. The molecule has 1 heterocycles. The average Bonchev–Trinajstić information content (AvgIpc) is 2.46. The summed E-state index contributed by atoms with van der Waals surface area (Å²) < 4.78 is 29.4. The van der Waals surface area contributed by atoms with E-state index in [9.17, 15) is 8.42 Å². The molecule has 20 heavy (non-hydrogen) atoms. The Morgan fingerprint density at radius 2 is 1.75 bits per heavy atom. The van der Waals surface area contributed by atoms with Crippen LogP contribution in [0.15, 0.2) is 42.7 Å². The van der Waals surface area contributed by atoms with Crippen LogP contribution in [0.25, 0.3) is 11.1 Å². The molecule has 0 aliphatic heterocycles. The summed E-state index contributed by atoms with van der Waals surface area (Å²) in [4.78, 5) is 4.10. The average molecular weight is 292 g/mol. The minimum atomic E-state index is -3.29. The maximum absolute atomic E-state index is 11.5. The highest BCUT2D eigenvalue weighted by Gasteiger charge is 2.12. The van der Waals surface area contributed by atoms with Crippen LogP contribution in [0.4, 0.5) is 5.69 Å². The minimum absolute atomic E-state index is 0.529. The van der Waals surface area contributed by atoms with Crippen LogP contribution in [0, 0.1) is 0 Å². The molecule has 0 aliphatic rings. The number of anilines is 1. The lowest BCUT2D eigenvalue weighted by Gasteiger charge is -2.16. The molecule has 0 atom stereocenters. The van der Waals surface area contributed by atoms with E-state index < -0.39 is 10.0 Å². The van der Waals surface area contributed by atoms with E-state index in [2.05, 4.69) is 4.98 Å². The first-order valence-corrected chi connectivity index (χ1v) is 7.80. The Balaban J connectivity index is 2.38. The van der Waals surface area contributed by atoms with Crippen molar-refractivity contribution >= 4 is 15.7 Å². The quantitative estimate of drug-likeness (QED) is 0.866. The second-order valence-corrected chi connectivity index (χ2v) is 6.40. The van der Waals surface area contributed by atoms with E-state index in [1.54, 1.807) is 19.4 Å². The molecule has 0 radical (unpaired) electrons. The maximum Gasteiger partial charge on any atom is 0.232 e. The van der Waals surface area contributed by atoms with Gasteiger partial charge in [-0.05, 0) is 23.8 Å². The largest absolute Gasteiger partial charge is 0.497 e. The van der Waals surface area contributed by atoms with Gasteiger partial charge in [0.15, 0.2) is 0 Å². The Morgan fingerprint density at radius 1 is 1.10 bits per heavy atom. The van der Waals surface area contributed by atoms with E-state index >= 15 is 0 Å². The van der Waals surface area contributed by atoms with Gasteiger partial charge in [0.05, 0.1) is 25.2 Å². The van der Waals surface area contributed by atoms with Crippen molar-refractivity contribution in [2.24, 2.45) is 0 Å². The summed E-state index contributed by atoms with van der Waals surface area (Å²) in [6, 6.07) is 9.29. The van der Waals surface area contributed by atoms with Crippen molar-refractivity contribution in [1.82, 2.24) is 4.98 Å². The topological polar surface area (TPSA) is 59.5 Å². The van der Waals surface area contributed by atoms with Gasteiger partial charge < -0.3 is 4.74 Å². The van der Waals surface area contributed by atoms with Crippen LogP contribution in [0.3, 0.4) is 0 Å². The molecule has 0 fully saturated rings. The lowest BCUT2D eigenvalue weighted by molar-refractivity contribution is 0.415. The predicted molar refractivity (Wildman–Crippen MR) is 79.5 cm³/mol. The van der Waals surface area contributed by atoms with Crippen LogP contribution in [-0.4, -0.2) is 33.8 Å². The van der Waals surface area contributed by atoms with Gasteiger partial charge in [0.1, 0.15) is 5.75 Å². The fourth-order valence-corrected chi connectivity index (χ4v) is 2.22. The Labute approximate surface area is 118 Å². The summed E-state index contributed by atoms with van der Waals surface area (Å²) in [6.45, 7) is 0. The second-order valence-electron chi connectivity index (χ2n) is 4.39. The van der Waals surface area contributed by atoms with Gasteiger partial charge in [0.25, 0.3) is 0 Å². The normalized spacial score (nSPS) is 11.2. The monoisotopic (exact) mass is 292 g/mol. The number of ether oxygens (including phenoxy) is 1. The van der Waals surface area contributed by atoms with Crippen molar-refractivity contribution < 1.29 is 13.2 Å². The van der Waals surface area contributed by atoms with E-state index in [0.29, 0.717) is 5.69 Å². The molecular weight excluding hydrogens is 276 g/mol. The Kier molecular flexibility index (Phi) is 3.94. The molecule has 0 bridgehead atoms. The Hall–Kier alpha value is -2.08. The number of pyridine rings is 1. The summed E-state index contributed by atoms with van der Waals surface area (Å²) in [5.41, 5.74) is 2.32. The molecule has 0 saturated heterocycles. The number of methoxy groups -OCH3 is 1. The zero-order chi connectivity index (χ0) is 14.8. The van der Waals surface area contributed by atoms with Gasteiger partial charge in [0, 0.05) is 18.8 Å². The fraction of sp³-hybridized carbons (Fsp3) is 0.214. The summed E-state index contributed by atoms with van der Waals surface area (Å²) in [5.74, 6) is 0.770. The number of nitrogens with zero attached hydrogens (tertiary/aromatic N) is 2. The molecule has 6 heteroatoms. The second kappa shape index (κ2) is 5.50. The van der Waals surface area contributed by atoms with Gasteiger partial charge in [-0.2, -0.15) is 0 Å². The number of rotatable bonds is 4. The standard InChI is InChI=1S/C14H16N2O3S/c1-16(20(3,17)18)13-8-12(9-15-10-13)11-4-6-14(19-2)7-5-11/h4-10H,1-3H3. The van der Waals surface area contributed by atoms with Crippen molar-refractivity contribution in [2.75, 3.05) is 24.7 Å². The number of hydrogen-bond acceptors (Lipinski definition) is 4. The molecular formula is C14H16N2O3S. The summed E-state index contributed by atoms with van der Waals surface area (Å²) in [6.07, 6.45) is 4.38. The number of hydrogen-bond donors (Lipinski definition) is 0. The van der Waals surface area contributed by atoms with E-state index in [1.807, 2.05) is 24.3 Å². The van der Waals surface area contributed by atoms with E-state index in [0.717, 1.165) is 23.1 Å². The lowest BCUT2D eigenvalue weighted by Crippen LogP contribution is -2.24. The summed E-state index contributed by atoms with van der Waals surface area (Å²) in [7, 11) is -0.179. The van der Waals surface area contributed by atoms with Crippen molar-refractivity contribution in [2.45, 2.75) is 0 Å². The van der Waals surface area contributed by atoms with Crippen molar-refractivity contribution in [3.63, 3.8) is 0 Å². The first-order chi connectivity index (χ1) is 9.41. The third-order valence-corrected chi connectivity index (χ3v) is 4.21. The molecule has 2 aromatic rings. The minimum Gasteiger partial charge on any atom is -0.497 e. The van der Waals surface area contributed by atoms with E-state index in [-0.39, 0.29) is 0 Å². The van der Waals surface area contributed by atoms with Gasteiger partial charge in [-0.3, -0.25) is 9.29 Å². The molecule has 0 aliphatic carbocycles.